The fraction of sp³-hybridized carbons (Fsp3) is 0.294. The molecule has 1 amide bonds. The van der Waals surface area contributed by atoms with Crippen molar-refractivity contribution < 1.29 is 22.4 Å². The summed E-state index contributed by atoms with van der Waals surface area (Å²) >= 11 is 0. The van der Waals surface area contributed by atoms with Gasteiger partial charge < -0.3 is 0 Å². The van der Waals surface area contributed by atoms with Crippen molar-refractivity contribution in [2.45, 2.75) is 18.5 Å². The van der Waals surface area contributed by atoms with E-state index in [2.05, 4.69) is 4.98 Å². The molecule has 0 spiro atoms. The highest BCUT2D eigenvalue weighted by molar-refractivity contribution is 5.96. The number of aromatic nitrogens is 1. The van der Waals surface area contributed by atoms with Crippen LogP contribution in [0.2, 0.25) is 0 Å². The summed E-state index contributed by atoms with van der Waals surface area (Å²) in [5.74, 6) is -2.24. The number of hydrogen-bond acceptors (Lipinski definition) is 2. The Bertz CT molecular complexity index is 733. The Labute approximate surface area is 135 Å². The molecule has 7 heteroatoms. The highest BCUT2D eigenvalue weighted by Crippen LogP contribution is 2.49. The molecule has 2 atom stereocenters. The van der Waals surface area contributed by atoms with E-state index in [1.54, 1.807) is 18.2 Å². The Kier molecular flexibility index (Phi) is 4.26. The van der Waals surface area contributed by atoms with Gasteiger partial charge in [-0.15, -0.1) is 0 Å². The average molecular weight is 338 g/mol. The Morgan fingerprint density at radius 3 is 2.50 bits per heavy atom. The number of benzene rings is 1. The van der Waals surface area contributed by atoms with Crippen molar-refractivity contribution in [3.63, 3.8) is 0 Å². The van der Waals surface area contributed by atoms with E-state index in [4.69, 9.17) is 0 Å². The maximum atomic E-state index is 13.8. The van der Waals surface area contributed by atoms with Gasteiger partial charge in [-0.3, -0.25) is 9.69 Å². The summed E-state index contributed by atoms with van der Waals surface area (Å²) in [6.45, 7) is -1.41. The Morgan fingerprint density at radius 1 is 1.17 bits per heavy atom. The van der Waals surface area contributed by atoms with Crippen LogP contribution in [0.4, 0.5) is 23.4 Å². The van der Waals surface area contributed by atoms with Gasteiger partial charge in [0.05, 0.1) is 0 Å². The standard InChI is InChI=1S/C17H14F4N2O/c18-14-6-2-1-5-11(14)12-9-13(12)16(24)23(10-17(19,20)21)15-7-3-4-8-22-15/h1-8,12-13H,9-10H2. The third kappa shape index (κ3) is 3.55. The summed E-state index contributed by atoms with van der Waals surface area (Å²) in [5.41, 5.74) is 0.365. The van der Waals surface area contributed by atoms with Gasteiger partial charge in [-0.05, 0) is 36.1 Å². The quantitative estimate of drug-likeness (QED) is 0.792. The first-order valence-corrected chi connectivity index (χ1v) is 7.40. The van der Waals surface area contributed by atoms with Crippen LogP contribution >= 0.6 is 0 Å². The summed E-state index contributed by atoms with van der Waals surface area (Å²) in [4.78, 5) is 17.0. The molecule has 1 aromatic carbocycles. The highest BCUT2D eigenvalue weighted by atomic mass is 19.4. The third-order valence-electron chi connectivity index (χ3n) is 3.94. The van der Waals surface area contributed by atoms with E-state index in [0.717, 1.165) is 0 Å². The van der Waals surface area contributed by atoms with Gasteiger partial charge in [-0.25, -0.2) is 9.37 Å². The molecule has 3 rings (SSSR count). The van der Waals surface area contributed by atoms with Gasteiger partial charge in [0.15, 0.2) is 0 Å². The predicted molar refractivity (Wildman–Crippen MR) is 79.9 cm³/mol. The second-order valence-corrected chi connectivity index (χ2v) is 5.70. The molecule has 0 radical (unpaired) electrons. The van der Waals surface area contributed by atoms with E-state index in [1.807, 2.05) is 0 Å². The molecule has 1 aromatic heterocycles. The summed E-state index contributed by atoms with van der Waals surface area (Å²) in [5, 5.41) is 0. The van der Waals surface area contributed by atoms with E-state index in [9.17, 15) is 22.4 Å². The topological polar surface area (TPSA) is 33.2 Å². The second kappa shape index (κ2) is 6.22. The molecule has 1 saturated carbocycles. The molecule has 1 heterocycles. The Hall–Kier alpha value is -2.44. The summed E-state index contributed by atoms with van der Waals surface area (Å²) in [6, 6.07) is 10.4. The number of carbonyl (C=O) groups is 1. The van der Waals surface area contributed by atoms with Crippen molar-refractivity contribution in [1.82, 2.24) is 4.98 Å². The maximum absolute atomic E-state index is 13.8. The number of alkyl halides is 3. The van der Waals surface area contributed by atoms with Crippen LogP contribution < -0.4 is 4.90 Å². The van der Waals surface area contributed by atoms with Crippen LogP contribution in [0.25, 0.3) is 0 Å². The van der Waals surface area contributed by atoms with Crippen molar-refractivity contribution in [3.05, 3.63) is 60.0 Å². The summed E-state index contributed by atoms with van der Waals surface area (Å²) in [6.07, 6.45) is -2.89. The minimum Gasteiger partial charge on any atom is -0.287 e. The Morgan fingerprint density at radius 2 is 1.88 bits per heavy atom. The molecule has 0 bridgehead atoms. The maximum Gasteiger partial charge on any atom is 0.406 e. The van der Waals surface area contributed by atoms with Gasteiger partial charge in [0.2, 0.25) is 5.91 Å². The fourth-order valence-corrected chi connectivity index (χ4v) is 2.75. The van der Waals surface area contributed by atoms with E-state index < -0.39 is 36.3 Å². The molecule has 0 aliphatic heterocycles. The molecule has 1 fully saturated rings. The van der Waals surface area contributed by atoms with Crippen LogP contribution in [-0.4, -0.2) is 23.6 Å². The number of nitrogens with zero attached hydrogens (tertiary/aromatic N) is 2. The zero-order chi connectivity index (χ0) is 17.3. The molecule has 126 valence electrons. The van der Waals surface area contributed by atoms with Crippen LogP contribution in [0.3, 0.4) is 0 Å². The summed E-state index contributed by atoms with van der Waals surface area (Å²) in [7, 11) is 0. The number of amides is 1. The molecule has 2 unspecified atom stereocenters. The van der Waals surface area contributed by atoms with Gasteiger partial charge in [0, 0.05) is 12.1 Å². The van der Waals surface area contributed by atoms with Gasteiger partial charge >= 0.3 is 6.18 Å². The van der Waals surface area contributed by atoms with Gasteiger partial charge in [0.1, 0.15) is 18.2 Å². The van der Waals surface area contributed by atoms with Crippen LogP contribution in [0.5, 0.6) is 0 Å². The molecule has 1 aliphatic rings. The fourth-order valence-electron chi connectivity index (χ4n) is 2.75. The van der Waals surface area contributed by atoms with E-state index in [-0.39, 0.29) is 5.82 Å². The molecule has 2 aromatic rings. The van der Waals surface area contributed by atoms with Crippen LogP contribution in [0.15, 0.2) is 48.7 Å². The Balaban J connectivity index is 1.82. The first kappa shape index (κ1) is 16.4. The third-order valence-corrected chi connectivity index (χ3v) is 3.94. The number of rotatable bonds is 4. The van der Waals surface area contributed by atoms with E-state index in [0.29, 0.717) is 16.9 Å². The van der Waals surface area contributed by atoms with Crippen molar-refractivity contribution in [2.24, 2.45) is 5.92 Å². The lowest BCUT2D eigenvalue weighted by atomic mass is 10.1. The SMILES string of the molecule is O=C(C1CC1c1ccccc1F)N(CC(F)(F)F)c1ccccn1. The first-order valence-electron chi connectivity index (χ1n) is 7.40. The molecule has 0 N–H and O–H groups in total. The second-order valence-electron chi connectivity index (χ2n) is 5.70. The monoisotopic (exact) mass is 338 g/mol. The van der Waals surface area contributed by atoms with Crippen LogP contribution in [-0.2, 0) is 4.79 Å². The molecule has 24 heavy (non-hydrogen) atoms. The molecular weight excluding hydrogens is 324 g/mol. The molecule has 3 nitrogen and oxygen atoms in total. The smallest absolute Gasteiger partial charge is 0.287 e. The zero-order valence-electron chi connectivity index (χ0n) is 12.5. The van der Waals surface area contributed by atoms with Gasteiger partial charge in [0.25, 0.3) is 0 Å². The molecule has 1 aliphatic carbocycles. The first-order chi connectivity index (χ1) is 11.4. The van der Waals surface area contributed by atoms with E-state index in [1.165, 1.54) is 30.5 Å². The van der Waals surface area contributed by atoms with Crippen molar-refractivity contribution in [3.8, 4) is 0 Å². The van der Waals surface area contributed by atoms with Crippen LogP contribution in [0.1, 0.15) is 17.9 Å². The molecular formula is C17H14F4N2O. The average Bonchev–Trinajstić information content (AvgIpc) is 3.33. The molecule has 0 saturated heterocycles. The minimum atomic E-state index is -4.55. The summed E-state index contributed by atoms with van der Waals surface area (Å²) < 4.78 is 52.3. The number of anilines is 1. The number of pyridine rings is 1. The lowest BCUT2D eigenvalue weighted by Gasteiger charge is -2.23. The lowest BCUT2D eigenvalue weighted by Crippen LogP contribution is -2.40. The van der Waals surface area contributed by atoms with Gasteiger partial charge in [-0.2, -0.15) is 13.2 Å². The van der Waals surface area contributed by atoms with Crippen molar-refractivity contribution in [1.29, 1.82) is 0 Å². The van der Waals surface area contributed by atoms with Gasteiger partial charge in [-0.1, -0.05) is 24.3 Å². The van der Waals surface area contributed by atoms with Crippen molar-refractivity contribution >= 4 is 11.7 Å². The zero-order valence-corrected chi connectivity index (χ0v) is 12.5. The minimum absolute atomic E-state index is 0.0565. The normalized spacial score (nSPS) is 19.8. The largest absolute Gasteiger partial charge is 0.406 e. The lowest BCUT2D eigenvalue weighted by molar-refractivity contribution is -0.133. The number of hydrogen-bond donors (Lipinski definition) is 0. The number of halogens is 4. The van der Waals surface area contributed by atoms with Crippen molar-refractivity contribution in [2.75, 3.05) is 11.4 Å². The predicted octanol–water partition coefficient (Wildman–Crippen LogP) is 3.92. The van der Waals surface area contributed by atoms with Crippen LogP contribution in [0, 0.1) is 11.7 Å². The van der Waals surface area contributed by atoms with E-state index >= 15 is 0 Å². The highest BCUT2D eigenvalue weighted by Gasteiger charge is 2.49. The number of carbonyl (C=O) groups excluding carboxylic acids is 1.